The summed E-state index contributed by atoms with van der Waals surface area (Å²) in [5.41, 5.74) is 1.51. The standard InChI is InChI=1S/C23H35N3O3.C18H27ClN2O2/c1-17-11-21(27)25(12-17)15-20-16-26(22(28)29-23(3,4)5)18(2)13-24(20)14-19-9-7-6-8-10-19;1-14-11-20(12-15-8-6-5-7-9-15)16(10-19)13-21(14)17(22)23-18(2,3)4/h6-10,17-18,20H,11-16H2,1-5H3;5-9,14,16H,10-13H2,1-4H3/t17?,18-,20+;14-,16+/m11/s1. The smallest absolute Gasteiger partial charge is 0.410 e. The van der Waals surface area contributed by atoms with Gasteiger partial charge in [-0.1, -0.05) is 67.6 Å². The van der Waals surface area contributed by atoms with Crippen LogP contribution in [0.5, 0.6) is 0 Å². The van der Waals surface area contributed by atoms with Crippen LogP contribution in [0.2, 0.25) is 0 Å². The summed E-state index contributed by atoms with van der Waals surface area (Å²) in [6, 6.07) is 21.1. The SMILES string of the molecule is CC1CC(=O)N(C[C@H]2CN(C(=O)OC(C)(C)C)[C@H](C)CN2Cc2ccccc2)C1.C[C@@H]1CN(Cc2ccccc2)[C@@H](CCl)CN1C(=O)OC(C)(C)C. The Bertz CT molecular complexity index is 1450. The molecule has 52 heavy (non-hydrogen) atoms. The fourth-order valence-corrected chi connectivity index (χ4v) is 7.41. The Morgan fingerprint density at radius 1 is 0.673 bits per heavy atom. The van der Waals surface area contributed by atoms with Crippen LogP contribution >= 0.6 is 11.6 Å². The molecule has 0 bridgehead atoms. The number of likely N-dealkylation sites (tertiary alicyclic amines) is 1. The molecular weight excluding hydrogens is 678 g/mol. The van der Waals surface area contributed by atoms with Crippen molar-refractivity contribution < 1.29 is 23.9 Å². The number of hydrogen-bond acceptors (Lipinski definition) is 7. The predicted molar refractivity (Wildman–Crippen MR) is 207 cm³/mol. The second-order valence-electron chi connectivity index (χ2n) is 16.9. The molecule has 0 aliphatic carbocycles. The lowest BCUT2D eigenvalue weighted by molar-refractivity contribution is -0.129. The highest BCUT2D eigenvalue weighted by Crippen LogP contribution is 2.25. The van der Waals surface area contributed by atoms with Crippen LogP contribution in [0.1, 0.15) is 79.9 Å². The molecule has 1 unspecified atom stereocenters. The van der Waals surface area contributed by atoms with Crippen LogP contribution in [0.3, 0.4) is 0 Å². The van der Waals surface area contributed by atoms with Crippen molar-refractivity contribution in [2.75, 3.05) is 45.1 Å². The molecule has 2 aromatic carbocycles. The lowest BCUT2D eigenvalue weighted by Crippen LogP contribution is -2.61. The molecule has 3 aliphatic rings. The first-order valence-corrected chi connectivity index (χ1v) is 19.3. The highest BCUT2D eigenvalue weighted by atomic mass is 35.5. The fourth-order valence-electron chi connectivity index (χ4n) is 7.11. The average molecular weight is 740 g/mol. The Morgan fingerprint density at radius 3 is 1.48 bits per heavy atom. The van der Waals surface area contributed by atoms with Gasteiger partial charge in [-0.05, 0) is 72.4 Å². The highest BCUT2D eigenvalue weighted by Gasteiger charge is 2.39. The molecule has 3 aliphatic heterocycles. The predicted octanol–water partition coefficient (Wildman–Crippen LogP) is 7.10. The van der Waals surface area contributed by atoms with Gasteiger partial charge in [0.05, 0.1) is 0 Å². The molecule has 3 heterocycles. The summed E-state index contributed by atoms with van der Waals surface area (Å²) in [7, 11) is 0. The second kappa shape index (κ2) is 18.1. The van der Waals surface area contributed by atoms with E-state index >= 15 is 0 Å². The number of hydrogen-bond donors (Lipinski definition) is 0. The molecule has 2 aromatic rings. The highest BCUT2D eigenvalue weighted by molar-refractivity contribution is 6.18. The maximum Gasteiger partial charge on any atom is 0.410 e. The van der Waals surface area contributed by atoms with Crippen molar-refractivity contribution in [1.29, 1.82) is 0 Å². The number of halogens is 1. The maximum absolute atomic E-state index is 12.8. The van der Waals surface area contributed by atoms with Crippen molar-refractivity contribution in [3.8, 4) is 0 Å². The molecule has 11 heteroatoms. The third kappa shape index (κ3) is 12.4. The van der Waals surface area contributed by atoms with Gasteiger partial charge in [0.15, 0.2) is 0 Å². The summed E-state index contributed by atoms with van der Waals surface area (Å²) < 4.78 is 11.2. The first-order chi connectivity index (χ1) is 24.4. The maximum atomic E-state index is 12.8. The van der Waals surface area contributed by atoms with Crippen LogP contribution in [0, 0.1) is 5.92 Å². The Labute approximate surface area is 317 Å². The molecule has 0 N–H and O–H groups in total. The third-order valence-corrected chi connectivity index (χ3v) is 10.00. The summed E-state index contributed by atoms with van der Waals surface area (Å²) in [6.45, 7) is 23.5. The molecule has 3 amide bonds. The van der Waals surface area contributed by atoms with Gasteiger partial charge in [0.1, 0.15) is 11.2 Å². The van der Waals surface area contributed by atoms with Crippen molar-refractivity contribution in [2.24, 2.45) is 5.92 Å². The van der Waals surface area contributed by atoms with Gasteiger partial charge in [-0.3, -0.25) is 14.6 Å². The molecule has 3 fully saturated rings. The molecule has 0 saturated carbocycles. The zero-order valence-electron chi connectivity index (χ0n) is 32.9. The normalized spacial score (nSPS) is 24.7. The number of rotatable bonds is 7. The number of alkyl halides is 1. The van der Waals surface area contributed by atoms with Gasteiger partial charge in [0, 0.05) is 88.8 Å². The number of amides is 3. The van der Waals surface area contributed by atoms with Crippen molar-refractivity contribution >= 4 is 29.7 Å². The van der Waals surface area contributed by atoms with Gasteiger partial charge in [-0.15, -0.1) is 11.6 Å². The van der Waals surface area contributed by atoms with E-state index in [1.54, 1.807) is 4.90 Å². The van der Waals surface area contributed by atoms with Crippen LogP contribution in [-0.4, -0.2) is 123 Å². The summed E-state index contributed by atoms with van der Waals surface area (Å²) in [4.78, 5) is 48.0. The minimum absolute atomic E-state index is 0.0537. The van der Waals surface area contributed by atoms with Gasteiger partial charge in [-0.2, -0.15) is 0 Å². The lowest BCUT2D eigenvalue weighted by Gasteiger charge is -2.46. The first-order valence-electron chi connectivity index (χ1n) is 18.8. The Hall–Kier alpha value is -3.34. The zero-order valence-corrected chi connectivity index (χ0v) is 33.6. The van der Waals surface area contributed by atoms with E-state index in [0.717, 1.165) is 32.7 Å². The molecule has 5 rings (SSSR count). The summed E-state index contributed by atoms with van der Waals surface area (Å²) in [5, 5.41) is 0. The van der Waals surface area contributed by atoms with E-state index in [0.29, 0.717) is 37.9 Å². The molecule has 0 aromatic heterocycles. The van der Waals surface area contributed by atoms with Crippen LogP contribution in [0.25, 0.3) is 0 Å². The van der Waals surface area contributed by atoms with Crippen LogP contribution in [0.15, 0.2) is 60.7 Å². The van der Waals surface area contributed by atoms with Gasteiger partial charge in [0.25, 0.3) is 0 Å². The minimum Gasteiger partial charge on any atom is -0.444 e. The molecule has 3 saturated heterocycles. The van der Waals surface area contributed by atoms with Crippen molar-refractivity contribution in [3.63, 3.8) is 0 Å². The number of carbonyl (C=O) groups is 3. The number of carbonyl (C=O) groups excluding carboxylic acids is 3. The van der Waals surface area contributed by atoms with Gasteiger partial charge in [0.2, 0.25) is 5.91 Å². The number of piperazine rings is 2. The lowest BCUT2D eigenvalue weighted by atomic mass is 10.1. The topological polar surface area (TPSA) is 85.9 Å². The van der Waals surface area contributed by atoms with Crippen molar-refractivity contribution in [1.82, 2.24) is 24.5 Å². The van der Waals surface area contributed by atoms with Crippen LogP contribution in [0.4, 0.5) is 9.59 Å². The van der Waals surface area contributed by atoms with Crippen LogP contribution < -0.4 is 0 Å². The average Bonchev–Trinajstić information content (AvgIpc) is 3.37. The fraction of sp³-hybridized carbons (Fsp3) is 0.634. The monoisotopic (exact) mass is 739 g/mol. The number of benzene rings is 2. The molecule has 0 radical (unpaired) electrons. The molecule has 10 nitrogen and oxygen atoms in total. The largest absolute Gasteiger partial charge is 0.444 e. The van der Waals surface area contributed by atoms with Gasteiger partial charge in [-0.25, -0.2) is 9.59 Å². The van der Waals surface area contributed by atoms with Crippen molar-refractivity contribution in [3.05, 3.63) is 71.8 Å². The summed E-state index contributed by atoms with van der Waals surface area (Å²) in [6.07, 6.45) is 0.104. The molecule has 288 valence electrons. The number of ether oxygens (including phenoxy) is 2. The molecule has 5 atom stereocenters. The third-order valence-electron chi connectivity index (χ3n) is 9.64. The number of nitrogens with zero attached hydrogens (tertiary/aromatic N) is 5. The second-order valence-corrected chi connectivity index (χ2v) is 17.2. The van der Waals surface area contributed by atoms with E-state index in [1.165, 1.54) is 11.1 Å². The zero-order chi connectivity index (χ0) is 38.2. The first kappa shape index (κ1) is 41.4. The van der Waals surface area contributed by atoms with Gasteiger partial charge >= 0.3 is 12.2 Å². The Kier molecular flexibility index (Phi) is 14.4. The van der Waals surface area contributed by atoms with Crippen molar-refractivity contribution in [2.45, 2.75) is 117 Å². The van der Waals surface area contributed by atoms with E-state index in [4.69, 9.17) is 21.1 Å². The molecular formula is C41H62ClN5O5. The van der Waals surface area contributed by atoms with E-state index in [-0.39, 0.29) is 42.3 Å². The van der Waals surface area contributed by atoms with E-state index in [2.05, 4.69) is 67.0 Å². The quantitative estimate of drug-likeness (QED) is 0.280. The minimum atomic E-state index is -0.520. The van der Waals surface area contributed by atoms with Crippen LogP contribution in [-0.2, 0) is 27.4 Å². The Balaban J connectivity index is 0.000000239. The molecule has 0 spiro atoms. The van der Waals surface area contributed by atoms with E-state index < -0.39 is 11.2 Å². The summed E-state index contributed by atoms with van der Waals surface area (Å²) in [5.74, 6) is 1.12. The Morgan fingerprint density at radius 2 is 1.10 bits per heavy atom. The van der Waals surface area contributed by atoms with Gasteiger partial charge < -0.3 is 24.2 Å². The van der Waals surface area contributed by atoms with E-state index in [9.17, 15) is 14.4 Å². The summed E-state index contributed by atoms with van der Waals surface area (Å²) >= 11 is 6.17. The van der Waals surface area contributed by atoms with E-state index in [1.807, 2.05) is 75.6 Å².